The van der Waals surface area contributed by atoms with Crippen molar-refractivity contribution in [3.05, 3.63) is 47.3 Å². The summed E-state index contributed by atoms with van der Waals surface area (Å²) < 4.78 is 5.34. The molecule has 0 radical (unpaired) electrons. The van der Waals surface area contributed by atoms with Gasteiger partial charge in [0.2, 0.25) is 5.91 Å². The van der Waals surface area contributed by atoms with Crippen LogP contribution < -0.4 is 0 Å². The van der Waals surface area contributed by atoms with E-state index in [1.54, 1.807) is 11.8 Å². The summed E-state index contributed by atoms with van der Waals surface area (Å²) in [6, 6.07) is 9.33. The maximum Gasteiger partial charge on any atom is 0.342 e. The summed E-state index contributed by atoms with van der Waals surface area (Å²) in [5.74, 6) is -0.313. The SMILES string of the molecule is CCCCC(CC)C(=O)N1CCN(C(=O)c2nc(-c3ccccc3)nc(CCC)c2C(=O)OCC)CC1C. The van der Waals surface area contributed by atoms with Crippen LogP contribution in [0.5, 0.6) is 0 Å². The quantitative estimate of drug-likeness (QED) is 0.379. The van der Waals surface area contributed by atoms with Gasteiger partial charge < -0.3 is 14.5 Å². The molecule has 206 valence electrons. The third kappa shape index (κ3) is 6.77. The van der Waals surface area contributed by atoms with Crippen molar-refractivity contribution in [3.8, 4) is 11.4 Å². The van der Waals surface area contributed by atoms with E-state index in [0.717, 1.165) is 37.7 Å². The number of rotatable bonds is 11. The smallest absolute Gasteiger partial charge is 0.342 e. The summed E-state index contributed by atoms with van der Waals surface area (Å²) in [5.41, 5.74) is 1.51. The van der Waals surface area contributed by atoms with Gasteiger partial charge in [-0.2, -0.15) is 0 Å². The number of aromatic nitrogens is 2. The first-order valence-electron chi connectivity index (χ1n) is 14.1. The van der Waals surface area contributed by atoms with Gasteiger partial charge in [0.1, 0.15) is 11.3 Å². The van der Waals surface area contributed by atoms with Gasteiger partial charge >= 0.3 is 5.97 Å². The van der Waals surface area contributed by atoms with Crippen LogP contribution in [0.25, 0.3) is 11.4 Å². The van der Waals surface area contributed by atoms with Gasteiger partial charge in [0, 0.05) is 37.2 Å². The Morgan fingerprint density at radius 2 is 1.76 bits per heavy atom. The predicted octanol–water partition coefficient (Wildman–Crippen LogP) is 5.16. The van der Waals surface area contributed by atoms with E-state index in [9.17, 15) is 14.4 Å². The van der Waals surface area contributed by atoms with Crippen molar-refractivity contribution in [1.29, 1.82) is 0 Å². The van der Waals surface area contributed by atoms with Crippen LogP contribution in [0.15, 0.2) is 30.3 Å². The lowest BCUT2D eigenvalue weighted by molar-refractivity contribution is -0.140. The van der Waals surface area contributed by atoms with Crippen molar-refractivity contribution >= 4 is 17.8 Å². The highest BCUT2D eigenvalue weighted by Crippen LogP contribution is 2.25. The molecule has 1 fully saturated rings. The normalized spacial score (nSPS) is 16.3. The maximum atomic E-state index is 13.9. The molecule has 2 atom stereocenters. The van der Waals surface area contributed by atoms with Crippen LogP contribution in [-0.2, 0) is 16.0 Å². The number of ether oxygens (including phenoxy) is 1. The monoisotopic (exact) mass is 522 g/mol. The van der Waals surface area contributed by atoms with E-state index in [-0.39, 0.29) is 41.6 Å². The zero-order valence-corrected chi connectivity index (χ0v) is 23.5. The summed E-state index contributed by atoms with van der Waals surface area (Å²) in [4.78, 5) is 53.2. The Morgan fingerprint density at radius 1 is 1.03 bits per heavy atom. The largest absolute Gasteiger partial charge is 0.462 e. The van der Waals surface area contributed by atoms with Crippen molar-refractivity contribution < 1.29 is 19.1 Å². The molecule has 1 aliphatic heterocycles. The van der Waals surface area contributed by atoms with Gasteiger partial charge in [-0.05, 0) is 33.1 Å². The van der Waals surface area contributed by atoms with Crippen LogP contribution in [0.2, 0.25) is 0 Å². The third-order valence-electron chi connectivity index (χ3n) is 7.13. The highest BCUT2D eigenvalue weighted by atomic mass is 16.5. The van der Waals surface area contributed by atoms with Crippen molar-refractivity contribution in [2.45, 2.75) is 79.2 Å². The van der Waals surface area contributed by atoms with Gasteiger partial charge in [-0.25, -0.2) is 14.8 Å². The number of unbranched alkanes of at least 4 members (excludes halogenated alkanes) is 1. The molecule has 0 aliphatic carbocycles. The molecule has 8 nitrogen and oxygen atoms in total. The molecule has 2 amide bonds. The molecule has 2 heterocycles. The molecule has 2 unspecified atom stereocenters. The predicted molar refractivity (Wildman–Crippen MR) is 148 cm³/mol. The summed E-state index contributed by atoms with van der Waals surface area (Å²) in [6.45, 7) is 11.3. The van der Waals surface area contributed by atoms with Crippen LogP contribution >= 0.6 is 0 Å². The number of benzene rings is 1. The highest BCUT2D eigenvalue weighted by molar-refractivity contribution is 6.05. The standard InChI is InChI=1S/C30H42N4O4/c1-6-10-15-22(8-3)28(35)34-19-18-33(20-21(34)5)29(36)26-25(30(37)38-9-4)24(14-7-2)31-27(32-26)23-16-12-11-13-17-23/h11-13,16-17,21-22H,6-10,14-15,18-20H2,1-5H3. The Labute approximate surface area is 226 Å². The Morgan fingerprint density at radius 3 is 2.37 bits per heavy atom. The summed E-state index contributed by atoms with van der Waals surface area (Å²) >= 11 is 0. The lowest BCUT2D eigenvalue weighted by atomic mass is 9.96. The van der Waals surface area contributed by atoms with Gasteiger partial charge in [0.25, 0.3) is 5.91 Å². The zero-order valence-electron chi connectivity index (χ0n) is 23.5. The number of amides is 2. The van der Waals surface area contributed by atoms with Gasteiger partial charge in [0.05, 0.1) is 12.3 Å². The Kier molecular flexibility index (Phi) is 10.8. The van der Waals surface area contributed by atoms with Crippen LogP contribution in [0, 0.1) is 5.92 Å². The van der Waals surface area contributed by atoms with E-state index in [4.69, 9.17) is 9.72 Å². The molecule has 1 aromatic heterocycles. The molecule has 0 saturated carbocycles. The molecule has 8 heteroatoms. The van der Waals surface area contributed by atoms with E-state index in [1.165, 1.54) is 0 Å². The second-order valence-electron chi connectivity index (χ2n) is 9.93. The first kappa shape index (κ1) is 29.3. The van der Waals surface area contributed by atoms with E-state index >= 15 is 0 Å². The second kappa shape index (κ2) is 14.0. The number of nitrogens with zero attached hydrogens (tertiary/aromatic N) is 4. The van der Waals surface area contributed by atoms with Crippen LogP contribution in [0.3, 0.4) is 0 Å². The van der Waals surface area contributed by atoms with Gasteiger partial charge in [-0.1, -0.05) is 70.4 Å². The van der Waals surface area contributed by atoms with Crippen LogP contribution in [-0.4, -0.2) is 69.8 Å². The number of esters is 1. The zero-order chi connectivity index (χ0) is 27.7. The topological polar surface area (TPSA) is 92.7 Å². The van der Waals surface area contributed by atoms with Crippen LogP contribution in [0.1, 0.15) is 93.3 Å². The molecule has 2 aromatic rings. The maximum absolute atomic E-state index is 13.9. The molecule has 0 N–H and O–H groups in total. The molecule has 1 aliphatic rings. The van der Waals surface area contributed by atoms with Gasteiger partial charge in [-0.3, -0.25) is 9.59 Å². The van der Waals surface area contributed by atoms with Gasteiger partial charge in [0.15, 0.2) is 5.82 Å². The van der Waals surface area contributed by atoms with Crippen LogP contribution in [0.4, 0.5) is 0 Å². The lowest BCUT2D eigenvalue weighted by Crippen LogP contribution is -2.56. The fourth-order valence-corrected chi connectivity index (χ4v) is 5.02. The van der Waals surface area contributed by atoms with Crippen molar-refractivity contribution in [3.63, 3.8) is 0 Å². The minimum atomic E-state index is -0.581. The molecule has 0 bridgehead atoms. The van der Waals surface area contributed by atoms with E-state index in [1.807, 2.05) is 49.1 Å². The minimum absolute atomic E-state index is 0.0157. The minimum Gasteiger partial charge on any atom is -0.462 e. The first-order valence-corrected chi connectivity index (χ1v) is 14.1. The Hall–Kier alpha value is -3.29. The molecular formula is C30H42N4O4. The molecule has 1 saturated heterocycles. The average molecular weight is 523 g/mol. The summed E-state index contributed by atoms with van der Waals surface area (Å²) in [6.07, 6.45) is 5.08. The Bertz CT molecular complexity index is 1100. The number of carbonyl (C=O) groups is 3. The first-order chi connectivity index (χ1) is 18.4. The second-order valence-corrected chi connectivity index (χ2v) is 9.93. The number of hydrogen-bond acceptors (Lipinski definition) is 6. The highest BCUT2D eigenvalue weighted by Gasteiger charge is 2.35. The average Bonchev–Trinajstić information content (AvgIpc) is 2.93. The van der Waals surface area contributed by atoms with E-state index in [0.29, 0.717) is 37.6 Å². The number of aryl methyl sites for hydroxylation is 1. The number of piperazine rings is 1. The fraction of sp³-hybridized carbons (Fsp3) is 0.567. The van der Waals surface area contributed by atoms with Gasteiger partial charge in [-0.15, -0.1) is 0 Å². The van der Waals surface area contributed by atoms with Crippen molar-refractivity contribution in [2.75, 3.05) is 26.2 Å². The van der Waals surface area contributed by atoms with Crippen molar-refractivity contribution in [1.82, 2.24) is 19.8 Å². The number of carbonyl (C=O) groups excluding carboxylic acids is 3. The molecule has 1 aromatic carbocycles. The Balaban J connectivity index is 1.94. The number of hydrogen-bond donors (Lipinski definition) is 0. The molecule has 0 spiro atoms. The fourth-order valence-electron chi connectivity index (χ4n) is 5.02. The summed E-state index contributed by atoms with van der Waals surface area (Å²) in [5, 5.41) is 0. The lowest BCUT2D eigenvalue weighted by Gasteiger charge is -2.41. The molecular weight excluding hydrogens is 480 g/mol. The van der Waals surface area contributed by atoms with E-state index in [2.05, 4.69) is 18.8 Å². The molecule has 38 heavy (non-hydrogen) atoms. The van der Waals surface area contributed by atoms with Crippen molar-refractivity contribution in [2.24, 2.45) is 5.92 Å². The molecule has 3 rings (SSSR count). The third-order valence-corrected chi connectivity index (χ3v) is 7.13. The van der Waals surface area contributed by atoms with E-state index < -0.39 is 5.97 Å². The summed E-state index contributed by atoms with van der Waals surface area (Å²) in [7, 11) is 0.